The average molecular weight is 1050 g/mol. The van der Waals surface area contributed by atoms with Gasteiger partial charge >= 0.3 is 0 Å². The van der Waals surface area contributed by atoms with Crippen LogP contribution in [-0.2, 0) is 25.7 Å². The smallest absolute Gasteiger partial charge is 0.246 e. The van der Waals surface area contributed by atoms with E-state index in [0.717, 1.165) is 102 Å². The van der Waals surface area contributed by atoms with E-state index in [1.54, 1.807) is 25.2 Å². The number of thiazole rings is 1. The zero-order valence-corrected chi connectivity index (χ0v) is 45.3. The number of hydrogen-bond acceptors (Lipinski definition) is 12. The van der Waals surface area contributed by atoms with E-state index in [1.165, 1.54) is 4.90 Å². The number of amides is 4. The summed E-state index contributed by atoms with van der Waals surface area (Å²) in [6.07, 6.45) is -0.0147. The number of likely N-dealkylation sites (tertiary alicyclic amines) is 1. The molecule has 4 saturated heterocycles. The number of halogens is 2. The molecule has 74 heavy (non-hydrogen) atoms. The highest BCUT2D eigenvalue weighted by Gasteiger charge is 2.49. The Labute approximate surface area is 442 Å². The lowest BCUT2D eigenvalue weighted by molar-refractivity contribution is -0.144. The van der Waals surface area contributed by atoms with Crippen molar-refractivity contribution in [2.24, 2.45) is 10.8 Å². The number of anilines is 2. The zero-order valence-electron chi connectivity index (χ0n) is 43.7. The summed E-state index contributed by atoms with van der Waals surface area (Å²) in [5, 5.41) is 23.7. The van der Waals surface area contributed by atoms with Crippen LogP contribution in [0.4, 0.5) is 16.0 Å². The van der Waals surface area contributed by atoms with Crippen LogP contribution in [0.5, 0.6) is 0 Å². The van der Waals surface area contributed by atoms with Gasteiger partial charge in [0.1, 0.15) is 23.4 Å². The minimum atomic E-state index is -0.949. The summed E-state index contributed by atoms with van der Waals surface area (Å²) in [5.41, 5.74) is 9.39. The van der Waals surface area contributed by atoms with Crippen molar-refractivity contribution in [3.63, 3.8) is 0 Å². The van der Waals surface area contributed by atoms with E-state index in [9.17, 15) is 28.7 Å². The highest BCUT2D eigenvalue weighted by molar-refractivity contribution is 7.13. The number of nitrogens with one attached hydrogen (secondary N) is 4. The number of fused-ring (bicyclic) bond motifs is 1. The Morgan fingerprint density at radius 2 is 1.65 bits per heavy atom. The highest BCUT2D eigenvalue weighted by atomic mass is 35.5. The van der Waals surface area contributed by atoms with Gasteiger partial charge in [0, 0.05) is 102 Å². The number of aliphatic hydroxyl groups is 1. The number of benzene rings is 3. The largest absolute Gasteiger partial charge is 0.391 e. The topological polar surface area (TPSA) is 180 Å². The molecule has 5 aromatic rings. The number of hydrogen-bond donors (Lipinski definition) is 5. The fraction of sp³-hybridized carbons (Fsp3) is 0.527. The molecule has 6 heterocycles. The van der Waals surface area contributed by atoms with Crippen LogP contribution in [0.15, 0.2) is 54.0 Å². The van der Waals surface area contributed by atoms with Gasteiger partial charge in [-0.05, 0) is 79.5 Å². The Morgan fingerprint density at radius 1 is 0.946 bits per heavy atom. The molecule has 0 unspecified atom stereocenters. The molecule has 396 valence electrons. The van der Waals surface area contributed by atoms with Crippen LogP contribution in [0.1, 0.15) is 87.4 Å². The predicted molar refractivity (Wildman–Crippen MR) is 289 cm³/mol. The maximum absolute atomic E-state index is 14.7. The molecule has 19 heteroatoms. The van der Waals surface area contributed by atoms with Crippen LogP contribution >= 0.6 is 22.9 Å². The van der Waals surface area contributed by atoms with Gasteiger partial charge in [-0.1, -0.05) is 68.8 Å². The van der Waals surface area contributed by atoms with Crippen molar-refractivity contribution in [1.82, 2.24) is 45.6 Å². The van der Waals surface area contributed by atoms with Gasteiger partial charge in [-0.25, -0.2) is 14.4 Å². The Morgan fingerprint density at radius 3 is 2.28 bits per heavy atom. The number of piperazine rings is 1. The first-order chi connectivity index (χ1) is 35.3. The minimum Gasteiger partial charge on any atom is -0.391 e. The molecule has 5 N–H and O–H groups in total. The number of aliphatic hydroxyl groups excluding tert-OH is 1. The molecule has 4 aliphatic heterocycles. The molecule has 4 aliphatic rings. The molecule has 4 amide bonds. The summed E-state index contributed by atoms with van der Waals surface area (Å²) in [5.74, 6) is -0.510. The predicted octanol–water partition coefficient (Wildman–Crippen LogP) is 6.11. The van der Waals surface area contributed by atoms with Crippen LogP contribution in [0, 0.1) is 37.4 Å². The quantitative estimate of drug-likeness (QED) is 0.0679. The first-order valence-electron chi connectivity index (χ1n) is 26.0. The van der Waals surface area contributed by atoms with Crippen molar-refractivity contribution >= 4 is 69.2 Å². The monoisotopic (exact) mass is 1050 g/mol. The van der Waals surface area contributed by atoms with E-state index in [0.29, 0.717) is 54.0 Å². The maximum Gasteiger partial charge on any atom is 0.246 e. The van der Waals surface area contributed by atoms with Crippen LogP contribution in [0.3, 0.4) is 0 Å². The molecule has 0 radical (unpaired) electrons. The third-order valence-corrected chi connectivity index (χ3v) is 16.5. The molecule has 0 aliphatic carbocycles. The van der Waals surface area contributed by atoms with E-state index in [-0.39, 0.29) is 49.0 Å². The Kier molecular flexibility index (Phi) is 15.7. The molecule has 9 rings (SSSR count). The summed E-state index contributed by atoms with van der Waals surface area (Å²) >= 11 is 8.45. The lowest BCUT2D eigenvalue weighted by Crippen LogP contribution is -2.71. The van der Waals surface area contributed by atoms with Crippen LogP contribution in [0.25, 0.3) is 21.5 Å². The molecule has 4 atom stereocenters. The Bertz CT molecular complexity index is 2860. The van der Waals surface area contributed by atoms with Gasteiger partial charge in [0.05, 0.1) is 46.0 Å². The average Bonchev–Trinajstić information content (AvgIpc) is 4.05. The van der Waals surface area contributed by atoms with Gasteiger partial charge in [-0.15, -0.1) is 11.3 Å². The third-order valence-electron chi connectivity index (χ3n) is 15.3. The number of carbonyl (C=O) groups is 4. The van der Waals surface area contributed by atoms with Crippen molar-refractivity contribution < 1.29 is 28.7 Å². The minimum absolute atomic E-state index is 0.0185. The maximum atomic E-state index is 14.7. The van der Waals surface area contributed by atoms with Gasteiger partial charge in [-0.2, -0.15) is 0 Å². The van der Waals surface area contributed by atoms with Gasteiger partial charge in [0.25, 0.3) is 0 Å². The summed E-state index contributed by atoms with van der Waals surface area (Å²) in [4.78, 5) is 73.4. The lowest BCUT2D eigenvalue weighted by atomic mass is 9.75. The fourth-order valence-electron chi connectivity index (χ4n) is 11.0. The van der Waals surface area contributed by atoms with Gasteiger partial charge in [0.15, 0.2) is 0 Å². The number of rotatable bonds is 17. The van der Waals surface area contributed by atoms with Crippen LogP contribution in [0.2, 0.25) is 5.02 Å². The second-order valence-electron chi connectivity index (χ2n) is 22.2. The molecule has 0 saturated carbocycles. The number of imidazole rings is 1. The third kappa shape index (κ3) is 11.6. The first-order valence-corrected chi connectivity index (χ1v) is 27.3. The summed E-state index contributed by atoms with van der Waals surface area (Å²) in [6, 6.07) is 13.6. The van der Waals surface area contributed by atoms with E-state index in [2.05, 4.69) is 45.5 Å². The van der Waals surface area contributed by atoms with Crippen molar-refractivity contribution in [1.29, 1.82) is 0 Å². The van der Waals surface area contributed by atoms with Crippen LogP contribution < -0.4 is 31.1 Å². The molecule has 4 fully saturated rings. The molecule has 3 aromatic carbocycles. The van der Waals surface area contributed by atoms with E-state index in [1.807, 2.05) is 88.7 Å². The normalized spacial score (nSPS) is 19.6. The Balaban J connectivity index is 0.735. The van der Waals surface area contributed by atoms with Gasteiger partial charge in [0.2, 0.25) is 29.6 Å². The Hall–Kier alpha value is -5.66. The second-order valence-corrected chi connectivity index (χ2v) is 23.5. The summed E-state index contributed by atoms with van der Waals surface area (Å²) < 4.78 is 16.9. The van der Waals surface area contributed by atoms with Crippen LogP contribution in [-0.4, -0.2) is 143 Å². The van der Waals surface area contributed by atoms with Gasteiger partial charge < -0.3 is 45.6 Å². The van der Waals surface area contributed by atoms with Crippen molar-refractivity contribution in [2.75, 3.05) is 81.8 Å². The number of β-amino-alcohol motifs (C(OH)–C–C–N with tert-alkyl or cyclic N) is 1. The lowest BCUT2D eigenvalue weighted by Gasteiger charge is -2.56. The van der Waals surface area contributed by atoms with Crippen molar-refractivity contribution in [2.45, 2.75) is 105 Å². The fourth-order valence-corrected chi connectivity index (χ4v) is 12.0. The van der Waals surface area contributed by atoms with Crippen molar-refractivity contribution in [3.05, 3.63) is 92.8 Å². The SMILES string of the molecule is Cc1cc(Cn2c(N3CC4(CNC4)C3)nc3c(N4CCN(CCC(=O)NCCCC(=O)N[C@H](C(=O)N5C[C@H](O)C[C@H]5C(=O)N[C@@H](C)c5ccc(-c6scnc6C)cc5)C(C)(C)C)CC4)cc(Cl)cc32)cc(C)c1F. The second kappa shape index (κ2) is 21.9. The number of carbonyl (C=O) groups excluding carboxylic acids is 4. The van der Waals surface area contributed by atoms with Crippen molar-refractivity contribution in [3.8, 4) is 10.4 Å². The molecule has 16 nitrogen and oxygen atoms in total. The number of nitrogens with zero attached hydrogens (tertiary/aromatic N) is 7. The molecule has 0 bridgehead atoms. The zero-order chi connectivity index (χ0) is 52.6. The number of aromatic nitrogens is 3. The molecular formula is C55H71ClFN11O5S. The van der Waals surface area contributed by atoms with E-state index < -0.39 is 29.5 Å². The van der Waals surface area contributed by atoms with Gasteiger partial charge in [-0.3, -0.25) is 24.1 Å². The first kappa shape index (κ1) is 53.2. The standard InChI is InChI=1S/C55H71ClFN11O5S/c1-33-21-37(22-34(2)47(33)57)26-68-43-24-40(56)23-42(48(43)63-53(68)66-30-55(31-66)28-58-29-55)65-19-17-64(18-20-65)16-14-45(70)59-15-8-9-46(71)62-50(54(5,6)7)52(73)67-27-41(69)25-44(67)51(72)61-35(3)38-10-12-39(13-11-38)49-36(4)60-32-74-49/h10-13,21-24,32,35,41,44,50,58,69H,8-9,14-20,25-31H2,1-7H3,(H,59,70)(H,61,72)(H,62,71)/t35-,41+,44-,50+/m0/s1. The summed E-state index contributed by atoms with van der Waals surface area (Å²) in [6.45, 7) is 21.3. The molecule has 2 aromatic heterocycles. The molecular weight excluding hydrogens is 981 g/mol. The summed E-state index contributed by atoms with van der Waals surface area (Å²) in [7, 11) is 0. The number of aryl methyl sites for hydroxylation is 3. The highest BCUT2D eigenvalue weighted by Crippen LogP contribution is 2.41. The van der Waals surface area contributed by atoms with E-state index in [4.69, 9.17) is 16.6 Å². The van der Waals surface area contributed by atoms with E-state index >= 15 is 0 Å². The molecule has 1 spiro atoms.